The molecule has 42 heavy (non-hydrogen) atoms. The minimum atomic E-state index is -0.147. The van der Waals surface area contributed by atoms with Crippen molar-refractivity contribution in [3.63, 3.8) is 0 Å². The van der Waals surface area contributed by atoms with Crippen molar-refractivity contribution in [2.75, 3.05) is 50.8 Å². The van der Waals surface area contributed by atoms with E-state index < -0.39 is 0 Å². The minimum absolute atomic E-state index is 0.0158. The Hall–Kier alpha value is -3.43. The van der Waals surface area contributed by atoms with E-state index in [9.17, 15) is 9.59 Å². The highest BCUT2D eigenvalue weighted by atomic mass is 32.2. The van der Waals surface area contributed by atoms with E-state index in [1.807, 2.05) is 36.1 Å². The minimum Gasteiger partial charge on any atom is -0.466 e. The number of carbonyl (C=O) groups is 2. The number of ether oxygens (including phenoxy) is 1. The number of amides is 1. The van der Waals surface area contributed by atoms with Crippen LogP contribution in [0.4, 0.5) is 5.82 Å². The third-order valence-electron chi connectivity index (χ3n) is 8.00. The highest BCUT2D eigenvalue weighted by Crippen LogP contribution is 2.26. The van der Waals surface area contributed by atoms with Gasteiger partial charge in [-0.05, 0) is 49.4 Å². The second kappa shape index (κ2) is 14.6. The quantitative estimate of drug-likeness (QED) is 0.185. The molecule has 2 aliphatic rings. The molecule has 2 fully saturated rings. The molecule has 1 amide bonds. The fraction of sp³-hybridized carbons (Fsp3) is 0.455. The molecule has 0 N–H and O–H groups in total. The Bertz CT molecular complexity index is 1340. The van der Waals surface area contributed by atoms with E-state index in [0.29, 0.717) is 43.9 Å². The Morgan fingerprint density at radius 2 is 1.62 bits per heavy atom. The Balaban J connectivity index is 1.17. The maximum atomic E-state index is 13.2. The van der Waals surface area contributed by atoms with E-state index in [1.54, 1.807) is 11.8 Å². The number of likely N-dealkylation sites (tertiary alicyclic amines) is 1. The molecule has 5 rings (SSSR count). The highest BCUT2D eigenvalue weighted by molar-refractivity contribution is 7.98. The molecule has 3 heterocycles. The number of aromatic nitrogens is 2. The molecule has 0 radical (unpaired) electrons. The van der Waals surface area contributed by atoms with Crippen LogP contribution < -0.4 is 4.90 Å². The average Bonchev–Trinajstić information content (AvgIpc) is 3.04. The summed E-state index contributed by atoms with van der Waals surface area (Å²) >= 11 is 1.61. The smallest absolute Gasteiger partial charge is 0.309 e. The van der Waals surface area contributed by atoms with Crippen LogP contribution in [0.25, 0.3) is 0 Å². The zero-order chi connectivity index (χ0) is 29.3. The van der Waals surface area contributed by atoms with Gasteiger partial charge >= 0.3 is 5.97 Å². The standard InChI is InChI=1S/C33H41N5O3S/c1-3-29-22-30(37-19-17-36(18-20-37)23-25-9-6-5-7-10-25)35-33(34-29)42-24-26-11-8-12-28(21-26)31(39)38-15-13-27(14-16-38)32(40)41-4-2/h5-12,21-22,27H,3-4,13-20,23-24H2,1-2H3. The SMILES string of the molecule is CCOC(=O)C1CCN(C(=O)c2cccc(CSc3nc(CC)cc(N4CCN(Cc5ccccc5)CC4)n3)c2)CC1. The number of hydrogen-bond donors (Lipinski definition) is 0. The summed E-state index contributed by atoms with van der Waals surface area (Å²) in [6.45, 7) is 10.4. The van der Waals surface area contributed by atoms with Crippen LogP contribution in [0.5, 0.6) is 0 Å². The van der Waals surface area contributed by atoms with Gasteiger partial charge in [-0.25, -0.2) is 9.97 Å². The molecule has 3 aromatic rings. The van der Waals surface area contributed by atoms with E-state index in [-0.39, 0.29) is 17.8 Å². The van der Waals surface area contributed by atoms with Gasteiger partial charge in [-0.1, -0.05) is 61.2 Å². The zero-order valence-corrected chi connectivity index (χ0v) is 25.5. The Morgan fingerprint density at radius 3 is 2.33 bits per heavy atom. The lowest BCUT2D eigenvalue weighted by Crippen LogP contribution is -2.46. The number of aryl methyl sites for hydroxylation is 1. The monoisotopic (exact) mass is 587 g/mol. The molecule has 1 aromatic heterocycles. The molecule has 9 heteroatoms. The molecule has 8 nitrogen and oxygen atoms in total. The van der Waals surface area contributed by atoms with Gasteiger partial charge in [-0.3, -0.25) is 14.5 Å². The van der Waals surface area contributed by atoms with Crippen molar-refractivity contribution in [1.29, 1.82) is 0 Å². The first kappa shape index (κ1) is 30.0. The van der Waals surface area contributed by atoms with Crippen LogP contribution in [0.15, 0.2) is 65.8 Å². The fourth-order valence-electron chi connectivity index (χ4n) is 5.55. The molecule has 0 bridgehead atoms. The van der Waals surface area contributed by atoms with E-state index in [2.05, 4.69) is 53.1 Å². The van der Waals surface area contributed by atoms with Crippen LogP contribution in [-0.4, -0.2) is 77.5 Å². The third kappa shape index (κ3) is 7.89. The molecule has 0 saturated carbocycles. The summed E-state index contributed by atoms with van der Waals surface area (Å²) in [5.41, 5.74) is 4.14. The van der Waals surface area contributed by atoms with Crippen molar-refractivity contribution in [3.8, 4) is 0 Å². The maximum absolute atomic E-state index is 13.2. The third-order valence-corrected chi connectivity index (χ3v) is 8.92. The number of thioether (sulfide) groups is 1. The number of anilines is 1. The van der Waals surface area contributed by atoms with Gasteiger partial charge in [0.25, 0.3) is 5.91 Å². The first-order valence-electron chi connectivity index (χ1n) is 15.1. The van der Waals surface area contributed by atoms with Gasteiger partial charge in [-0.2, -0.15) is 0 Å². The van der Waals surface area contributed by atoms with Gasteiger partial charge in [-0.15, -0.1) is 0 Å². The van der Waals surface area contributed by atoms with Crippen molar-refractivity contribution in [2.45, 2.75) is 50.6 Å². The van der Waals surface area contributed by atoms with E-state index in [4.69, 9.17) is 14.7 Å². The number of rotatable bonds is 10. The first-order valence-corrected chi connectivity index (χ1v) is 16.1. The largest absolute Gasteiger partial charge is 0.466 e. The average molecular weight is 588 g/mol. The molecule has 0 spiro atoms. The highest BCUT2D eigenvalue weighted by Gasteiger charge is 2.28. The van der Waals surface area contributed by atoms with E-state index >= 15 is 0 Å². The predicted octanol–water partition coefficient (Wildman–Crippen LogP) is 5.07. The van der Waals surface area contributed by atoms with Crippen molar-refractivity contribution >= 4 is 29.5 Å². The van der Waals surface area contributed by atoms with Gasteiger partial charge in [0.1, 0.15) is 5.82 Å². The van der Waals surface area contributed by atoms with Crippen LogP contribution in [-0.2, 0) is 28.2 Å². The predicted molar refractivity (Wildman–Crippen MR) is 167 cm³/mol. The zero-order valence-electron chi connectivity index (χ0n) is 24.7. The van der Waals surface area contributed by atoms with Crippen LogP contribution in [0, 0.1) is 5.92 Å². The van der Waals surface area contributed by atoms with Gasteiger partial charge in [0.2, 0.25) is 0 Å². The first-order chi connectivity index (χ1) is 20.5. The van der Waals surface area contributed by atoms with Gasteiger partial charge in [0.15, 0.2) is 5.16 Å². The van der Waals surface area contributed by atoms with Crippen LogP contribution in [0.3, 0.4) is 0 Å². The van der Waals surface area contributed by atoms with Crippen molar-refractivity contribution < 1.29 is 14.3 Å². The molecular weight excluding hydrogens is 546 g/mol. The molecule has 2 aromatic carbocycles. The second-order valence-corrected chi connectivity index (χ2v) is 11.9. The Labute approximate surface area is 253 Å². The lowest BCUT2D eigenvalue weighted by molar-refractivity contribution is -0.149. The number of hydrogen-bond acceptors (Lipinski definition) is 8. The summed E-state index contributed by atoms with van der Waals surface area (Å²) in [6, 6.07) is 20.6. The number of nitrogens with zero attached hydrogens (tertiary/aromatic N) is 5. The second-order valence-electron chi connectivity index (χ2n) is 10.9. The van der Waals surface area contributed by atoms with Crippen LogP contribution in [0.1, 0.15) is 53.9 Å². The summed E-state index contributed by atoms with van der Waals surface area (Å²) in [6.07, 6.45) is 2.15. The number of piperazine rings is 1. The molecule has 222 valence electrons. The topological polar surface area (TPSA) is 78.9 Å². The summed E-state index contributed by atoms with van der Waals surface area (Å²) in [7, 11) is 0. The molecule has 0 unspecified atom stereocenters. The lowest BCUT2D eigenvalue weighted by Gasteiger charge is -2.35. The van der Waals surface area contributed by atoms with Gasteiger partial charge in [0, 0.05) is 68.9 Å². The van der Waals surface area contributed by atoms with E-state index in [0.717, 1.165) is 61.4 Å². The number of piperidine rings is 1. The number of benzene rings is 2. The molecule has 0 atom stereocenters. The summed E-state index contributed by atoms with van der Waals surface area (Å²) < 4.78 is 5.16. The van der Waals surface area contributed by atoms with Gasteiger partial charge < -0.3 is 14.5 Å². The Kier molecular flexibility index (Phi) is 10.5. The molecule has 0 aliphatic carbocycles. The van der Waals surface area contributed by atoms with Gasteiger partial charge in [0.05, 0.1) is 12.5 Å². The Morgan fingerprint density at radius 1 is 0.881 bits per heavy atom. The van der Waals surface area contributed by atoms with Crippen LogP contribution >= 0.6 is 11.8 Å². The summed E-state index contributed by atoms with van der Waals surface area (Å²) in [5, 5.41) is 0.772. The number of carbonyl (C=O) groups excluding carboxylic acids is 2. The van der Waals surface area contributed by atoms with Crippen LogP contribution in [0.2, 0.25) is 0 Å². The molecular formula is C33H41N5O3S. The fourth-order valence-corrected chi connectivity index (χ4v) is 6.36. The van der Waals surface area contributed by atoms with Crippen molar-refractivity contribution in [2.24, 2.45) is 5.92 Å². The summed E-state index contributed by atoms with van der Waals surface area (Å²) in [4.78, 5) is 41.7. The molecule has 2 aliphatic heterocycles. The number of esters is 1. The normalized spacial score (nSPS) is 16.4. The van der Waals surface area contributed by atoms with E-state index in [1.165, 1.54) is 5.56 Å². The van der Waals surface area contributed by atoms with Crippen molar-refractivity contribution in [3.05, 3.63) is 83.0 Å². The lowest BCUT2D eigenvalue weighted by atomic mass is 9.96. The molecule has 2 saturated heterocycles. The van der Waals surface area contributed by atoms with Crippen molar-refractivity contribution in [1.82, 2.24) is 19.8 Å². The maximum Gasteiger partial charge on any atom is 0.309 e. The summed E-state index contributed by atoms with van der Waals surface area (Å²) in [5.74, 6) is 1.44.